The zero-order valence-corrected chi connectivity index (χ0v) is 13.6. The van der Waals surface area contributed by atoms with Crippen molar-refractivity contribution in [2.75, 3.05) is 6.54 Å². The molecule has 120 valence electrons. The highest BCUT2D eigenvalue weighted by Gasteiger charge is 2.26. The summed E-state index contributed by atoms with van der Waals surface area (Å²) in [4.78, 5) is 27.7. The van der Waals surface area contributed by atoms with Crippen molar-refractivity contribution in [1.29, 1.82) is 0 Å². The average Bonchev–Trinajstić information content (AvgIpc) is 3.17. The van der Waals surface area contributed by atoms with Gasteiger partial charge in [0.1, 0.15) is 6.04 Å². The second kappa shape index (κ2) is 7.22. The van der Waals surface area contributed by atoms with Crippen LogP contribution in [0.5, 0.6) is 0 Å². The second-order valence-corrected chi connectivity index (χ2v) is 7.14. The number of hydrogen-bond acceptors (Lipinski definition) is 4. The van der Waals surface area contributed by atoms with E-state index in [4.69, 9.17) is 4.98 Å². The molecule has 2 N–H and O–H groups in total. The van der Waals surface area contributed by atoms with Gasteiger partial charge < -0.3 is 10.6 Å². The first-order chi connectivity index (χ1) is 10.7. The first-order valence-corrected chi connectivity index (χ1v) is 9.12. The Kier molecular flexibility index (Phi) is 5.08. The standard InChI is InChI=1S/C16H23N3O2S/c20-14-7-6-12(18-14)16(21)17-9-8-15-19-13(10-22-15)11-4-2-1-3-5-11/h10-12H,1-9H2,(H,17,21)(H,18,20)/t12-/m0/s1. The lowest BCUT2D eigenvalue weighted by Gasteiger charge is -2.19. The Balaban J connectivity index is 1.43. The summed E-state index contributed by atoms with van der Waals surface area (Å²) in [6.07, 6.45) is 8.36. The van der Waals surface area contributed by atoms with Gasteiger partial charge in [0.25, 0.3) is 0 Å². The number of nitrogens with zero attached hydrogens (tertiary/aromatic N) is 1. The van der Waals surface area contributed by atoms with Crippen LogP contribution < -0.4 is 10.6 Å². The smallest absolute Gasteiger partial charge is 0.242 e. The van der Waals surface area contributed by atoms with Crippen LogP contribution in [-0.4, -0.2) is 29.4 Å². The molecule has 2 aliphatic rings. The molecule has 1 aliphatic carbocycles. The zero-order chi connectivity index (χ0) is 15.4. The van der Waals surface area contributed by atoms with Crippen molar-refractivity contribution in [2.24, 2.45) is 0 Å². The molecule has 0 unspecified atom stereocenters. The van der Waals surface area contributed by atoms with Gasteiger partial charge in [-0.1, -0.05) is 19.3 Å². The van der Waals surface area contributed by atoms with Crippen LogP contribution in [0.25, 0.3) is 0 Å². The Morgan fingerprint density at radius 1 is 1.32 bits per heavy atom. The van der Waals surface area contributed by atoms with Crippen LogP contribution in [0.4, 0.5) is 0 Å². The Labute approximate surface area is 134 Å². The number of amides is 2. The minimum atomic E-state index is -0.346. The van der Waals surface area contributed by atoms with E-state index >= 15 is 0 Å². The summed E-state index contributed by atoms with van der Waals surface area (Å²) in [5, 5.41) is 8.86. The molecule has 0 aromatic carbocycles. The molecule has 1 atom stereocenters. The second-order valence-electron chi connectivity index (χ2n) is 6.20. The number of carbonyl (C=O) groups is 2. The van der Waals surface area contributed by atoms with E-state index in [2.05, 4.69) is 16.0 Å². The molecule has 2 amide bonds. The van der Waals surface area contributed by atoms with Crippen LogP contribution in [0.3, 0.4) is 0 Å². The van der Waals surface area contributed by atoms with Crippen molar-refractivity contribution < 1.29 is 9.59 Å². The van der Waals surface area contributed by atoms with Crippen molar-refractivity contribution in [1.82, 2.24) is 15.6 Å². The SMILES string of the molecule is O=C1CC[C@@H](C(=O)NCCc2nc(C3CCCCC3)cs2)N1. The molecule has 0 bridgehead atoms. The predicted octanol–water partition coefficient (Wildman–Crippen LogP) is 2.13. The number of rotatable bonds is 5. The van der Waals surface area contributed by atoms with Gasteiger partial charge in [-0.2, -0.15) is 0 Å². The van der Waals surface area contributed by atoms with Crippen molar-refractivity contribution in [3.05, 3.63) is 16.1 Å². The maximum absolute atomic E-state index is 11.9. The van der Waals surface area contributed by atoms with Gasteiger partial charge in [-0.3, -0.25) is 9.59 Å². The summed E-state index contributed by atoms with van der Waals surface area (Å²) in [6.45, 7) is 0.586. The van der Waals surface area contributed by atoms with Gasteiger partial charge >= 0.3 is 0 Å². The molecule has 2 heterocycles. The molecule has 22 heavy (non-hydrogen) atoms. The van der Waals surface area contributed by atoms with E-state index in [1.165, 1.54) is 37.8 Å². The molecule has 5 nitrogen and oxygen atoms in total. The molecule has 1 aromatic rings. The fourth-order valence-corrected chi connectivity index (χ4v) is 4.13. The van der Waals surface area contributed by atoms with E-state index in [1.807, 2.05) is 0 Å². The maximum Gasteiger partial charge on any atom is 0.242 e. The van der Waals surface area contributed by atoms with Crippen LogP contribution in [0.15, 0.2) is 5.38 Å². The Morgan fingerprint density at radius 3 is 2.86 bits per heavy atom. The number of aromatic nitrogens is 1. The summed E-state index contributed by atoms with van der Waals surface area (Å²) >= 11 is 1.70. The van der Waals surface area contributed by atoms with E-state index in [0.29, 0.717) is 25.3 Å². The van der Waals surface area contributed by atoms with Crippen LogP contribution >= 0.6 is 11.3 Å². The van der Waals surface area contributed by atoms with E-state index in [1.54, 1.807) is 11.3 Å². The number of carbonyl (C=O) groups excluding carboxylic acids is 2. The monoisotopic (exact) mass is 321 g/mol. The molecule has 3 rings (SSSR count). The van der Waals surface area contributed by atoms with Crippen LogP contribution in [-0.2, 0) is 16.0 Å². The minimum absolute atomic E-state index is 0.0304. The summed E-state index contributed by atoms with van der Waals surface area (Å²) in [7, 11) is 0. The third kappa shape index (κ3) is 3.85. The molecule has 0 radical (unpaired) electrons. The van der Waals surface area contributed by atoms with Gasteiger partial charge in [-0.25, -0.2) is 4.98 Å². The molecular weight excluding hydrogens is 298 g/mol. The van der Waals surface area contributed by atoms with Crippen LogP contribution in [0.2, 0.25) is 0 Å². The van der Waals surface area contributed by atoms with Gasteiger partial charge in [0.05, 0.1) is 10.7 Å². The lowest BCUT2D eigenvalue weighted by molar-refractivity contribution is -0.125. The van der Waals surface area contributed by atoms with Crippen molar-refractivity contribution >= 4 is 23.2 Å². The average molecular weight is 321 g/mol. The Bertz CT molecular complexity index is 537. The lowest BCUT2D eigenvalue weighted by atomic mass is 9.87. The van der Waals surface area contributed by atoms with E-state index in [-0.39, 0.29) is 17.9 Å². The lowest BCUT2D eigenvalue weighted by Crippen LogP contribution is -2.42. The van der Waals surface area contributed by atoms with Crippen molar-refractivity contribution in [2.45, 2.75) is 63.3 Å². The molecule has 1 aromatic heterocycles. The highest BCUT2D eigenvalue weighted by Crippen LogP contribution is 2.33. The Morgan fingerprint density at radius 2 is 2.14 bits per heavy atom. The number of thiazole rings is 1. The first kappa shape index (κ1) is 15.5. The van der Waals surface area contributed by atoms with E-state index in [0.717, 1.165) is 11.4 Å². The largest absolute Gasteiger partial charge is 0.354 e. The number of hydrogen-bond donors (Lipinski definition) is 2. The predicted molar refractivity (Wildman–Crippen MR) is 85.8 cm³/mol. The molecule has 1 saturated heterocycles. The van der Waals surface area contributed by atoms with Crippen molar-refractivity contribution in [3.63, 3.8) is 0 Å². The topological polar surface area (TPSA) is 71.1 Å². The summed E-state index contributed by atoms with van der Waals surface area (Å²) < 4.78 is 0. The normalized spacial score (nSPS) is 22.5. The van der Waals surface area contributed by atoms with Crippen LogP contribution in [0, 0.1) is 0 Å². The molecule has 2 fully saturated rings. The zero-order valence-electron chi connectivity index (χ0n) is 12.8. The quantitative estimate of drug-likeness (QED) is 0.873. The third-order valence-electron chi connectivity index (χ3n) is 4.54. The highest BCUT2D eigenvalue weighted by molar-refractivity contribution is 7.09. The molecule has 0 spiro atoms. The van der Waals surface area contributed by atoms with Gasteiger partial charge in [-0.05, 0) is 19.3 Å². The molecule has 1 aliphatic heterocycles. The molecule has 1 saturated carbocycles. The third-order valence-corrected chi connectivity index (χ3v) is 5.47. The first-order valence-electron chi connectivity index (χ1n) is 8.24. The Hall–Kier alpha value is -1.43. The van der Waals surface area contributed by atoms with E-state index in [9.17, 15) is 9.59 Å². The van der Waals surface area contributed by atoms with E-state index < -0.39 is 0 Å². The number of nitrogens with one attached hydrogen (secondary N) is 2. The highest BCUT2D eigenvalue weighted by atomic mass is 32.1. The van der Waals surface area contributed by atoms with Gasteiger partial charge in [0.2, 0.25) is 11.8 Å². The molecule has 6 heteroatoms. The van der Waals surface area contributed by atoms with Gasteiger partial charge in [-0.15, -0.1) is 11.3 Å². The maximum atomic E-state index is 11.9. The molecular formula is C16H23N3O2S. The van der Waals surface area contributed by atoms with Crippen LogP contribution in [0.1, 0.15) is 61.6 Å². The summed E-state index contributed by atoms with van der Waals surface area (Å²) in [6, 6.07) is -0.346. The van der Waals surface area contributed by atoms with Crippen molar-refractivity contribution in [3.8, 4) is 0 Å². The summed E-state index contributed by atoms with van der Waals surface area (Å²) in [5.41, 5.74) is 1.24. The summed E-state index contributed by atoms with van der Waals surface area (Å²) in [5.74, 6) is 0.536. The van der Waals surface area contributed by atoms with Gasteiger partial charge in [0.15, 0.2) is 0 Å². The van der Waals surface area contributed by atoms with Gasteiger partial charge in [0, 0.05) is 30.7 Å². The minimum Gasteiger partial charge on any atom is -0.354 e. The fourth-order valence-electron chi connectivity index (χ4n) is 3.25. The fraction of sp³-hybridized carbons (Fsp3) is 0.688.